The van der Waals surface area contributed by atoms with Gasteiger partial charge in [0.25, 0.3) is 0 Å². The van der Waals surface area contributed by atoms with Crippen LogP contribution in [0.3, 0.4) is 0 Å². The minimum Gasteiger partial charge on any atom is -0.497 e. The van der Waals surface area contributed by atoms with Crippen LogP contribution in [0.15, 0.2) is 18.2 Å². The summed E-state index contributed by atoms with van der Waals surface area (Å²) in [5.74, 6) is 1.58. The number of rotatable bonds is 4. The van der Waals surface area contributed by atoms with Gasteiger partial charge in [-0.2, -0.15) is 0 Å². The summed E-state index contributed by atoms with van der Waals surface area (Å²) in [7, 11) is 1.72. The monoisotopic (exact) mass is 275 g/mol. The van der Waals surface area contributed by atoms with Gasteiger partial charge in [0.05, 0.1) is 13.2 Å². The molecule has 0 aromatic heterocycles. The Hall–Kier alpha value is -1.06. The fourth-order valence-corrected chi connectivity index (χ4v) is 3.68. The first kappa shape index (κ1) is 13.9. The van der Waals surface area contributed by atoms with E-state index >= 15 is 0 Å². The smallest absolute Gasteiger partial charge is 0.119 e. The summed E-state index contributed by atoms with van der Waals surface area (Å²) in [6.07, 6.45) is 6.63. The molecular weight excluding hydrogens is 250 g/mol. The lowest BCUT2D eigenvalue weighted by atomic mass is 9.87. The van der Waals surface area contributed by atoms with Crippen molar-refractivity contribution in [1.82, 2.24) is 5.32 Å². The zero-order chi connectivity index (χ0) is 13.9. The molecule has 0 aliphatic heterocycles. The van der Waals surface area contributed by atoms with E-state index in [1.165, 1.54) is 30.4 Å². The number of nitrogens with one attached hydrogen (secondary N) is 1. The summed E-state index contributed by atoms with van der Waals surface area (Å²) in [4.78, 5) is 0. The third-order valence-corrected chi connectivity index (χ3v) is 4.84. The largest absolute Gasteiger partial charge is 0.497 e. The lowest BCUT2D eigenvalue weighted by Gasteiger charge is -2.27. The van der Waals surface area contributed by atoms with Gasteiger partial charge in [0.15, 0.2) is 0 Å². The molecule has 2 aliphatic rings. The quantitative estimate of drug-likeness (QED) is 0.888. The van der Waals surface area contributed by atoms with E-state index in [9.17, 15) is 5.11 Å². The zero-order valence-corrected chi connectivity index (χ0v) is 12.3. The van der Waals surface area contributed by atoms with Gasteiger partial charge in [0.1, 0.15) is 5.75 Å². The Kier molecular flexibility index (Phi) is 4.27. The average molecular weight is 275 g/mol. The molecule has 1 fully saturated rings. The average Bonchev–Trinajstić information content (AvgIpc) is 2.87. The molecule has 0 heterocycles. The van der Waals surface area contributed by atoms with Crippen molar-refractivity contribution >= 4 is 0 Å². The number of fused-ring (bicyclic) bond motifs is 1. The standard InChI is InChI=1S/C17H25NO2/c1-20-15-7-5-13-6-8-17(16(13)10-15)18-11-12-3-2-4-14(19)9-12/h5,7,10,12,14,17-19H,2-4,6,8-9,11H2,1H3. The van der Waals surface area contributed by atoms with Crippen LogP contribution >= 0.6 is 0 Å². The molecule has 2 N–H and O–H groups in total. The SMILES string of the molecule is COc1ccc2c(c1)C(NCC1CCCC(O)C1)CC2. The fraction of sp³-hybridized carbons (Fsp3) is 0.647. The Balaban J connectivity index is 1.60. The van der Waals surface area contributed by atoms with Crippen LogP contribution in [0.2, 0.25) is 0 Å². The molecule has 0 spiro atoms. The van der Waals surface area contributed by atoms with Gasteiger partial charge in [-0.05, 0) is 67.8 Å². The number of hydrogen-bond donors (Lipinski definition) is 2. The fourth-order valence-electron chi connectivity index (χ4n) is 3.68. The zero-order valence-electron chi connectivity index (χ0n) is 12.3. The van der Waals surface area contributed by atoms with Gasteiger partial charge in [-0.15, -0.1) is 0 Å². The first-order chi connectivity index (χ1) is 9.76. The number of aliphatic hydroxyl groups excluding tert-OH is 1. The van der Waals surface area contributed by atoms with Crippen LogP contribution in [-0.2, 0) is 6.42 Å². The normalized spacial score (nSPS) is 29.2. The van der Waals surface area contributed by atoms with Crippen molar-refractivity contribution in [2.24, 2.45) is 5.92 Å². The minimum atomic E-state index is -0.0773. The van der Waals surface area contributed by atoms with Crippen molar-refractivity contribution in [3.05, 3.63) is 29.3 Å². The molecule has 3 heteroatoms. The topological polar surface area (TPSA) is 41.5 Å². The van der Waals surface area contributed by atoms with Crippen molar-refractivity contribution in [2.45, 2.75) is 50.7 Å². The van der Waals surface area contributed by atoms with Gasteiger partial charge < -0.3 is 15.2 Å². The molecule has 3 unspecified atom stereocenters. The number of methoxy groups -OCH3 is 1. The molecule has 110 valence electrons. The summed E-state index contributed by atoms with van der Waals surface area (Å²) < 4.78 is 5.34. The molecule has 20 heavy (non-hydrogen) atoms. The van der Waals surface area contributed by atoms with Crippen LogP contribution in [0.1, 0.15) is 49.3 Å². The van der Waals surface area contributed by atoms with E-state index in [0.717, 1.165) is 31.6 Å². The van der Waals surface area contributed by atoms with Gasteiger partial charge >= 0.3 is 0 Å². The maximum atomic E-state index is 9.75. The molecule has 3 atom stereocenters. The van der Waals surface area contributed by atoms with Crippen LogP contribution in [0, 0.1) is 5.92 Å². The predicted octanol–water partition coefficient (Wildman–Crippen LogP) is 2.82. The molecular formula is C17H25NO2. The predicted molar refractivity (Wildman–Crippen MR) is 80.0 cm³/mol. The van der Waals surface area contributed by atoms with Crippen molar-refractivity contribution in [3.63, 3.8) is 0 Å². The lowest BCUT2D eigenvalue weighted by Crippen LogP contribution is -2.31. The van der Waals surface area contributed by atoms with E-state index < -0.39 is 0 Å². The van der Waals surface area contributed by atoms with Gasteiger partial charge in [-0.1, -0.05) is 12.5 Å². The molecule has 0 amide bonds. The molecule has 2 aliphatic carbocycles. The van der Waals surface area contributed by atoms with Crippen LogP contribution in [-0.4, -0.2) is 24.9 Å². The Morgan fingerprint density at radius 3 is 3.00 bits per heavy atom. The van der Waals surface area contributed by atoms with Crippen molar-refractivity contribution in [2.75, 3.05) is 13.7 Å². The van der Waals surface area contributed by atoms with Crippen molar-refractivity contribution in [1.29, 1.82) is 0 Å². The second-order valence-electron chi connectivity index (χ2n) is 6.25. The first-order valence-corrected chi connectivity index (χ1v) is 7.84. The third-order valence-electron chi connectivity index (χ3n) is 4.84. The molecule has 0 saturated heterocycles. The molecule has 3 nitrogen and oxygen atoms in total. The molecule has 1 aromatic rings. The Morgan fingerprint density at radius 2 is 2.20 bits per heavy atom. The van der Waals surface area contributed by atoms with Crippen LogP contribution in [0.25, 0.3) is 0 Å². The Bertz CT molecular complexity index is 460. The van der Waals surface area contributed by atoms with E-state index in [0.29, 0.717) is 12.0 Å². The summed E-state index contributed by atoms with van der Waals surface area (Å²) in [6.45, 7) is 1.03. The highest BCUT2D eigenvalue weighted by atomic mass is 16.5. The summed E-state index contributed by atoms with van der Waals surface area (Å²) in [5.41, 5.74) is 2.85. The van der Waals surface area contributed by atoms with E-state index in [1.807, 2.05) is 0 Å². The first-order valence-electron chi connectivity index (χ1n) is 7.84. The molecule has 3 rings (SSSR count). The highest BCUT2D eigenvalue weighted by molar-refractivity contribution is 5.40. The molecule has 1 aromatic carbocycles. The third kappa shape index (κ3) is 2.99. The van der Waals surface area contributed by atoms with Crippen LogP contribution in [0.4, 0.5) is 0 Å². The van der Waals surface area contributed by atoms with Gasteiger partial charge in [-0.25, -0.2) is 0 Å². The van der Waals surface area contributed by atoms with Gasteiger partial charge in [-0.3, -0.25) is 0 Å². The van der Waals surface area contributed by atoms with Gasteiger partial charge in [0.2, 0.25) is 0 Å². The molecule has 1 saturated carbocycles. The summed E-state index contributed by atoms with van der Waals surface area (Å²) >= 11 is 0. The number of aliphatic hydroxyl groups is 1. The number of aryl methyl sites for hydroxylation is 1. The maximum absolute atomic E-state index is 9.75. The second-order valence-corrected chi connectivity index (χ2v) is 6.25. The number of hydrogen-bond acceptors (Lipinski definition) is 3. The highest BCUT2D eigenvalue weighted by Crippen LogP contribution is 2.34. The number of benzene rings is 1. The van der Waals surface area contributed by atoms with E-state index in [1.54, 1.807) is 7.11 Å². The second kappa shape index (κ2) is 6.15. The maximum Gasteiger partial charge on any atom is 0.119 e. The van der Waals surface area contributed by atoms with Crippen LogP contribution in [0.5, 0.6) is 5.75 Å². The lowest BCUT2D eigenvalue weighted by molar-refractivity contribution is 0.0996. The highest BCUT2D eigenvalue weighted by Gasteiger charge is 2.25. The molecule has 0 radical (unpaired) electrons. The van der Waals surface area contributed by atoms with E-state index in [2.05, 4.69) is 23.5 Å². The summed E-state index contributed by atoms with van der Waals surface area (Å²) in [5, 5.41) is 13.5. The Morgan fingerprint density at radius 1 is 1.30 bits per heavy atom. The van der Waals surface area contributed by atoms with Gasteiger partial charge in [0, 0.05) is 6.04 Å². The Labute approximate surface area is 121 Å². The van der Waals surface area contributed by atoms with Crippen molar-refractivity contribution < 1.29 is 9.84 Å². The number of ether oxygens (including phenoxy) is 1. The summed E-state index contributed by atoms with van der Waals surface area (Å²) in [6, 6.07) is 6.88. The molecule has 0 bridgehead atoms. The van der Waals surface area contributed by atoms with E-state index in [-0.39, 0.29) is 6.10 Å². The van der Waals surface area contributed by atoms with E-state index in [4.69, 9.17) is 4.74 Å². The van der Waals surface area contributed by atoms with Crippen molar-refractivity contribution in [3.8, 4) is 5.75 Å². The minimum absolute atomic E-state index is 0.0773. The van der Waals surface area contributed by atoms with Crippen LogP contribution < -0.4 is 10.1 Å².